The summed E-state index contributed by atoms with van der Waals surface area (Å²) in [7, 11) is 0. The number of nitrogens with one attached hydrogen (secondary N) is 1. The van der Waals surface area contributed by atoms with Crippen LogP contribution in [-0.2, 0) is 0 Å². The quantitative estimate of drug-likeness (QED) is 0.686. The van der Waals surface area contributed by atoms with Crippen molar-refractivity contribution in [2.75, 3.05) is 24.2 Å². The SMILES string of the molecule is CC(CCO)CNc1c(N)cnn1C(C)C. The zero-order valence-electron chi connectivity index (χ0n) is 10.3. The lowest BCUT2D eigenvalue weighted by Gasteiger charge is -2.16. The molecular weight excluding hydrogens is 204 g/mol. The number of rotatable bonds is 6. The molecule has 1 heterocycles. The Morgan fingerprint density at radius 1 is 1.50 bits per heavy atom. The molecule has 0 radical (unpaired) electrons. The van der Waals surface area contributed by atoms with Crippen molar-refractivity contribution in [3.05, 3.63) is 6.20 Å². The van der Waals surface area contributed by atoms with Crippen LogP contribution in [-0.4, -0.2) is 28.0 Å². The highest BCUT2D eigenvalue weighted by atomic mass is 16.3. The second kappa shape index (κ2) is 5.75. The summed E-state index contributed by atoms with van der Waals surface area (Å²) in [5.74, 6) is 1.29. The van der Waals surface area contributed by atoms with E-state index in [-0.39, 0.29) is 12.6 Å². The van der Waals surface area contributed by atoms with Crippen molar-refractivity contribution in [2.24, 2.45) is 5.92 Å². The number of nitrogens with two attached hydrogens (primary N) is 1. The molecule has 1 atom stereocenters. The van der Waals surface area contributed by atoms with E-state index in [0.29, 0.717) is 11.6 Å². The van der Waals surface area contributed by atoms with Gasteiger partial charge in [-0.25, -0.2) is 4.68 Å². The number of aromatic nitrogens is 2. The van der Waals surface area contributed by atoms with E-state index in [9.17, 15) is 0 Å². The third-order valence-electron chi connectivity index (χ3n) is 2.55. The molecule has 0 aromatic carbocycles. The van der Waals surface area contributed by atoms with Gasteiger partial charge in [0.1, 0.15) is 5.82 Å². The molecule has 0 saturated carbocycles. The van der Waals surface area contributed by atoms with Gasteiger partial charge in [0.05, 0.1) is 11.9 Å². The first-order chi connectivity index (χ1) is 7.56. The summed E-state index contributed by atoms with van der Waals surface area (Å²) in [6.45, 7) is 7.24. The molecule has 0 aliphatic carbocycles. The van der Waals surface area contributed by atoms with Gasteiger partial charge in [-0.2, -0.15) is 5.10 Å². The van der Waals surface area contributed by atoms with Crippen LogP contribution in [0.15, 0.2) is 6.20 Å². The van der Waals surface area contributed by atoms with Gasteiger partial charge in [-0.3, -0.25) is 0 Å². The molecule has 1 aromatic rings. The topological polar surface area (TPSA) is 76.1 Å². The van der Waals surface area contributed by atoms with E-state index in [0.717, 1.165) is 18.8 Å². The second-order valence-corrected chi connectivity index (χ2v) is 4.49. The summed E-state index contributed by atoms with van der Waals surface area (Å²) in [5.41, 5.74) is 6.52. The number of nitrogen functional groups attached to an aromatic ring is 1. The number of anilines is 2. The molecule has 5 nitrogen and oxygen atoms in total. The Morgan fingerprint density at radius 2 is 2.19 bits per heavy atom. The highest BCUT2D eigenvalue weighted by Gasteiger charge is 2.11. The van der Waals surface area contributed by atoms with E-state index in [2.05, 4.69) is 31.2 Å². The summed E-state index contributed by atoms with van der Waals surface area (Å²) in [6.07, 6.45) is 2.46. The van der Waals surface area contributed by atoms with Crippen molar-refractivity contribution in [3.63, 3.8) is 0 Å². The first-order valence-corrected chi connectivity index (χ1v) is 5.74. The molecule has 16 heavy (non-hydrogen) atoms. The van der Waals surface area contributed by atoms with Crippen molar-refractivity contribution >= 4 is 11.5 Å². The van der Waals surface area contributed by atoms with Crippen LogP contribution >= 0.6 is 0 Å². The first-order valence-electron chi connectivity index (χ1n) is 5.74. The van der Waals surface area contributed by atoms with Crippen LogP contribution in [0.3, 0.4) is 0 Å². The van der Waals surface area contributed by atoms with Gasteiger partial charge in [-0.05, 0) is 26.2 Å². The summed E-state index contributed by atoms with van der Waals surface area (Å²) < 4.78 is 1.88. The van der Waals surface area contributed by atoms with Crippen LogP contribution < -0.4 is 11.1 Å². The van der Waals surface area contributed by atoms with Crippen molar-refractivity contribution in [2.45, 2.75) is 33.2 Å². The average Bonchev–Trinajstić information content (AvgIpc) is 2.57. The van der Waals surface area contributed by atoms with Gasteiger partial charge in [0.2, 0.25) is 0 Å². The van der Waals surface area contributed by atoms with E-state index in [1.807, 2.05) is 4.68 Å². The Hall–Kier alpha value is -1.23. The third-order valence-corrected chi connectivity index (χ3v) is 2.55. The molecule has 1 aromatic heterocycles. The van der Waals surface area contributed by atoms with Gasteiger partial charge in [-0.15, -0.1) is 0 Å². The maximum Gasteiger partial charge on any atom is 0.148 e. The first kappa shape index (κ1) is 12.8. The van der Waals surface area contributed by atoms with E-state index in [4.69, 9.17) is 10.8 Å². The molecule has 0 bridgehead atoms. The van der Waals surface area contributed by atoms with Gasteiger partial charge < -0.3 is 16.2 Å². The standard InChI is InChI=1S/C11H22N4O/c1-8(2)15-11(10(12)7-14-15)13-6-9(3)4-5-16/h7-9,13,16H,4-6,12H2,1-3H3. The molecule has 0 spiro atoms. The number of aliphatic hydroxyl groups is 1. The van der Waals surface area contributed by atoms with Gasteiger partial charge in [0.15, 0.2) is 0 Å². The van der Waals surface area contributed by atoms with Crippen LogP contribution in [0, 0.1) is 5.92 Å². The van der Waals surface area contributed by atoms with E-state index >= 15 is 0 Å². The lowest BCUT2D eigenvalue weighted by atomic mass is 10.1. The van der Waals surface area contributed by atoms with Crippen molar-refractivity contribution in [3.8, 4) is 0 Å². The molecule has 1 rings (SSSR count). The van der Waals surface area contributed by atoms with Crippen molar-refractivity contribution in [1.82, 2.24) is 9.78 Å². The molecule has 0 amide bonds. The fraction of sp³-hybridized carbons (Fsp3) is 0.727. The minimum atomic E-state index is 0.224. The lowest BCUT2D eigenvalue weighted by Crippen LogP contribution is -2.17. The molecule has 5 heteroatoms. The summed E-state index contributed by atoms with van der Waals surface area (Å²) in [5, 5.41) is 16.3. The molecule has 1 unspecified atom stereocenters. The molecule has 0 aliphatic heterocycles. The van der Waals surface area contributed by atoms with E-state index in [1.165, 1.54) is 0 Å². The number of hydrogen-bond acceptors (Lipinski definition) is 4. The molecular formula is C11H22N4O. The second-order valence-electron chi connectivity index (χ2n) is 4.49. The summed E-state index contributed by atoms with van der Waals surface area (Å²) >= 11 is 0. The zero-order chi connectivity index (χ0) is 12.1. The predicted molar refractivity (Wildman–Crippen MR) is 66.4 cm³/mol. The van der Waals surface area contributed by atoms with Crippen LogP contribution in [0.4, 0.5) is 11.5 Å². The minimum absolute atomic E-state index is 0.224. The third kappa shape index (κ3) is 3.13. The Bertz CT molecular complexity index is 322. The number of nitrogens with zero attached hydrogens (tertiary/aromatic N) is 2. The fourth-order valence-corrected chi connectivity index (χ4v) is 1.54. The molecule has 0 fully saturated rings. The van der Waals surface area contributed by atoms with Gasteiger partial charge in [0.25, 0.3) is 0 Å². The Labute approximate surface area is 96.6 Å². The Balaban J connectivity index is 2.62. The Morgan fingerprint density at radius 3 is 2.75 bits per heavy atom. The molecule has 0 aliphatic rings. The average molecular weight is 226 g/mol. The summed E-state index contributed by atoms with van der Waals surface area (Å²) in [4.78, 5) is 0. The largest absolute Gasteiger partial charge is 0.396 e. The monoisotopic (exact) mass is 226 g/mol. The fourth-order valence-electron chi connectivity index (χ4n) is 1.54. The Kier molecular flexibility index (Phi) is 4.61. The lowest BCUT2D eigenvalue weighted by molar-refractivity contribution is 0.265. The summed E-state index contributed by atoms with van der Waals surface area (Å²) in [6, 6.07) is 0.285. The van der Waals surface area contributed by atoms with Crippen LogP contribution in [0.1, 0.15) is 33.2 Å². The normalized spacial score (nSPS) is 13.1. The van der Waals surface area contributed by atoms with Gasteiger partial charge in [0, 0.05) is 19.2 Å². The smallest absolute Gasteiger partial charge is 0.148 e. The van der Waals surface area contributed by atoms with Crippen molar-refractivity contribution in [1.29, 1.82) is 0 Å². The predicted octanol–water partition coefficient (Wildman–Crippen LogP) is 1.48. The maximum atomic E-state index is 8.82. The van der Waals surface area contributed by atoms with Crippen LogP contribution in [0.25, 0.3) is 0 Å². The van der Waals surface area contributed by atoms with E-state index < -0.39 is 0 Å². The number of hydrogen-bond donors (Lipinski definition) is 3. The highest BCUT2D eigenvalue weighted by Crippen LogP contribution is 2.21. The van der Waals surface area contributed by atoms with Gasteiger partial charge >= 0.3 is 0 Å². The molecule has 0 saturated heterocycles. The van der Waals surface area contributed by atoms with Crippen LogP contribution in [0.5, 0.6) is 0 Å². The van der Waals surface area contributed by atoms with Gasteiger partial charge in [-0.1, -0.05) is 6.92 Å². The number of aliphatic hydroxyl groups excluding tert-OH is 1. The highest BCUT2D eigenvalue weighted by molar-refractivity contribution is 5.60. The maximum absolute atomic E-state index is 8.82. The molecule has 4 N–H and O–H groups in total. The van der Waals surface area contributed by atoms with E-state index in [1.54, 1.807) is 6.20 Å². The zero-order valence-corrected chi connectivity index (χ0v) is 10.3. The minimum Gasteiger partial charge on any atom is -0.396 e. The van der Waals surface area contributed by atoms with Crippen LogP contribution in [0.2, 0.25) is 0 Å². The van der Waals surface area contributed by atoms with Crippen molar-refractivity contribution < 1.29 is 5.11 Å². The molecule has 92 valence electrons.